The number of benzene rings is 3. The zero-order valence-electron chi connectivity index (χ0n) is 24.2. The van der Waals surface area contributed by atoms with Crippen molar-refractivity contribution in [2.45, 2.75) is 52.0 Å². The monoisotopic (exact) mass is 527 g/mol. The summed E-state index contributed by atoms with van der Waals surface area (Å²) < 4.78 is 5.58. The van der Waals surface area contributed by atoms with E-state index in [0.717, 1.165) is 34.5 Å². The van der Waals surface area contributed by atoms with E-state index < -0.39 is 12.0 Å². The molecule has 39 heavy (non-hydrogen) atoms. The average Bonchev–Trinajstić information content (AvgIpc) is 2.91. The van der Waals surface area contributed by atoms with E-state index in [-0.39, 0.29) is 17.2 Å². The topological polar surface area (TPSA) is 61.9 Å². The molecule has 206 valence electrons. The summed E-state index contributed by atoms with van der Waals surface area (Å²) in [6, 6.07) is 21.4. The number of amides is 2. The molecule has 0 aromatic heterocycles. The van der Waals surface area contributed by atoms with Crippen LogP contribution in [0.5, 0.6) is 5.75 Å². The van der Waals surface area contributed by atoms with Crippen LogP contribution >= 0.6 is 0 Å². The van der Waals surface area contributed by atoms with Gasteiger partial charge in [-0.2, -0.15) is 0 Å². The van der Waals surface area contributed by atoms with Gasteiger partial charge in [-0.25, -0.2) is 0 Å². The molecule has 1 unspecified atom stereocenters. The number of rotatable bonds is 6. The predicted octanol–water partition coefficient (Wildman–Crippen LogP) is 6.60. The van der Waals surface area contributed by atoms with Crippen LogP contribution in [0.1, 0.15) is 66.7 Å². The second-order valence-electron chi connectivity index (χ2n) is 11.7. The number of ether oxygens (including phenoxy) is 1. The van der Waals surface area contributed by atoms with E-state index in [1.54, 1.807) is 7.11 Å². The summed E-state index contributed by atoms with van der Waals surface area (Å²) in [5, 5.41) is 3.18. The van der Waals surface area contributed by atoms with Crippen molar-refractivity contribution in [3.8, 4) is 5.75 Å². The van der Waals surface area contributed by atoms with Gasteiger partial charge in [0.2, 0.25) is 5.91 Å². The van der Waals surface area contributed by atoms with Crippen molar-refractivity contribution in [2.24, 2.45) is 5.92 Å². The molecule has 6 heteroatoms. The Morgan fingerprint density at radius 3 is 2.33 bits per heavy atom. The molecule has 3 aromatic rings. The van der Waals surface area contributed by atoms with Crippen molar-refractivity contribution in [2.75, 3.05) is 38.0 Å². The van der Waals surface area contributed by atoms with Gasteiger partial charge in [-0.15, -0.1) is 0 Å². The number of aryl methyl sites for hydroxylation is 1. The Morgan fingerprint density at radius 2 is 1.69 bits per heavy atom. The predicted molar refractivity (Wildman–Crippen MR) is 159 cm³/mol. The van der Waals surface area contributed by atoms with Crippen molar-refractivity contribution in [1.82, 2.24) is 4.90 Å². The summed E-state index contributed by atoms with van der Waals surface area (Å²) in [6.07, 6.45) is 1.44. The van der Waals surface area contributed by atoms with E-state index in [4.69, 9.17) is 4.74 Å². The third kappa shape index (κ3) is 6.11. The first-order valence-electron chi connectivity index (χ1n) is 13.6. The Hall–Kier alpha value is -3.80. The molecular formula is C33H41N3O3. The van der Waals surface area contributed by atoms with E-state index in [9.17, 15) is 9.59 Å². The van der Waals surface area contributed by atoms with Crippen molar-refractivity contribution < 1.29 is 14.3 Å². The third-order valence-electron chi connectivity index (χ3n) is 7.64. The van der Waals surface area contributed by atoms with Gasteiger partial charge in [0.25, 0.3) is 5.91 Å². The minimum atomic E-state index is -0.405. The van der Waals surface area contributed by atoms with Gasteiger partial charge in [0.05, 0.1) is 24.6 Å². The van der Waals surface area contributed by atoms with E-state index >= 15 is 0 Å². The van der Waals surface area contributed by atoms with Crippen LogP contribution in [0, 0.1) is 12.8 Å². The zero-order valence-corrected chi connectivity index (χ0v) is 24.2. The lowest BCUT2D eigenvalue weighted by molar-refractivity contribution is -0.123. The highest BCUT2D eigenvalue weighted by Crippen LogP contribution is 2.40. The number of hydrogen-bond acceptors (Lipinski definition) is 4. The van der Waals surface area contributed by atoms with Gasteiger partial charge in [-0.05, 0) is 72.2 Å². The van der Waals surface area contributed by atoms with Crippen LogP contribution in [0.4, 0.5) is 11.4 Å². The van der Waals surface area contributed by atoms with Gasteiger partial charge >= 0.3 is 0 Å². The summed E-state index contributed by atoms with van der Waals surface area (Å²) in [5.41, 5.74) is 5.32. The summed E-state index contributed by atoms with van der Waals surface area (Å²) in [4.78, 5) is 32.0. The number of methoxy groups -OCH3 is 1. The SMILES string of the molecule is COc1cccc(C)c1C(=O)N1CCCC(C(=O)Nc2cccc(C(C)(C)C)c2)[C@@H]1c1ccc(N(C)C)cc1. The number of anilines is 2. The van der Waals surface area contributed by atoms with Crippen LogP contribution in [-0.4, -0.2) is 44.5 Å². The second kappa shape index (κ2) is 11.5. The molecule has 0 saturated carbocycles. The molecule has 1 fully saturated rings. The Morgan fingerprint density at radius 1 is 1.00 bits per heavy atom. The van der Waals surface area contributed by atoms with Crippen LogP contribution in [0.15, 0.2) is 66.7 Å². The number of nitrogens with zero attached hydrogens (tertiary/aromatic N) is 2. The molecule has 1 saturated heterocycles. The van der Waals surface area contributed by atoms with Gasteiger partial charge in [-0.1, -0.05) is 57.2 Å². The van der Waals surface area contributed by atoms with Crippen molar-refractivity contribution in [3.05, 3.63) is 89.0 Å². The summed E-state index contributed by atoms with van der Waals surface area (Å²) >= 11 is 0. The Balaban J connectivity index is 1.73. The quantitative estimate of drug-likeness (QED) is 0.392. The van der Waals surface area contributed by atoms with Crippen molar-refractivity contribution >= 4 is 23.2 Å². The lowest BCUT2D eigenvalue weighted by Crippen LogP contribution is -2.46. The maximum absolute atomic E-state index is 14.1. The summed E-state index contributed by atoms with van der Waals surface area (Å²) in [6.45, 7) is 8.97. The number of hydrogen-bond donors (Lipinski definition) is 1. The van der Waals surface area contributed by atoms with Gasteiger partial charge < -0.3 is 19.9 Å². The summed E-state index contributed by atoms with van der Waals surface area (Å²) in [7, 11) is 5.58. The van der Waals surface area contributed by atoms with Crippen LogP contribution < -0.4 is 15.0 Å². The molecule has 2 atom stereocenters. The molecule has 0 bridgehead atoms. The fourth-order valence-electron chi connectivity index (χ4n) is 5.41. The standard InChI is InChI=1S/C33H41N3O3/c1-22-11-8-15-28(39-7)29(22)32(38)36-20-10-14-27(30(36)23-16-18-26(19-17-23)35(5)6)31(37)34-25-13-9-12-24(21-25)33(2,3)4/h8-9,11-13,15-19,21,27,30H,10,14,20H2,1-7H3,(H,34,37)/t27?,30-/m0/s1. The fraction of sp³-hybridized carbons (Fsp3) is 0.394. The molecule has 1 heterocycles. The van der Waals surface area contributed by atoms with E-state index in [0.29, 0.717) is 24.3 Å². The smallest absolute Gasteiger partial charge is 0.258 e. The Labute approximate surface area is 233 Å². The maximum atomic E-state index is 14.1. The van der Waals surface area contributed by atoms with Gasteiger partial charge in [0.1, 0.15) is 5.75 Å². The third-order valence-corrected chi connectivity index (χ3v) is 7.64. The van der Waals surface area contributed by atoms with E-state index in [1.165, 1.54) is 0 Å². The zero-order chi connectivity index (χ0) is 28.3. The first-order chi connectivity index (χ1) is 18.5. The van der Waals surface area contributed by atoms with Crippen LogP contribution in [-0.2, 0) is 10.2 Å². The summed E-state index contributed by atoms with van der Waals surface area (Å²) in [5.74, 6) is -0.0376. The fourth-order valence-corrected chi connectivity index (χ4v) is 5.41. The molecule has 1 aliphatic rings. The molecule has 3 aromatic carbocycles. The minimum Gasteiger partial charge on any atom is -0.496 e. The van der Waals surface area contributed by atoms with Crippen molar-refractivity contribution in [1.29, 1.82) is 0 Å². The number of piperidine rings is 1. The molecule has 4 rings (SSSR count). The average molecular weight is 528 g/mol. The number of nitrogens with one attached hydrogen (secondary N) is 1. The highest BCUT2D eigenvalue weighted by atomic mass is 16.5. The Kier molecular flexibility index (Phi) is 8.34. The van der Waals surface area contributed by atoms with Gasteiger partial charge in [0.15, 0.2) is 0 Å². The molecule has 0 radical (unpaired) electrons. The minimum absolute atomic E-state index is 0.0296. The number of carbonyl (C=O) groups excluding carboxylic acids is 2. The lowest BCUT2D eigenvalue weighted by Gasteiger charge is -2.41. The Bertz CT molecular complexity index is 1320. The van der Waals surface area contributed by atoms with Gasteiger partial charge in [0, 0.05) is 32.0 Å². The highest BCUT2D eigenvalue weighted by molar-refractivity contribution is 6.00. The number of carbonyl (C=O) groups is 2. The molecular weight excluding hydrogens is 486 g/mol. The molecule has 1 N–H and O–H groups in total. The van der Waals surface area contributed by atoms with Crippen molar-refractivity contribution in [3.63, 3.8) is 0 Å². The highest BCUT2D eigenvalue weighted by Gasteiger charge is 2.40. The van der Waals surface area contributed by atoms with Gasteiger partial charge in [-0.3, -0.25) is 9.59 Å². The first-order valence-corrected chi connectivity index (χ1v) is 13.6. The first kappa shape index (κ1) is 28.2. The van der Waals surface area contributed by atoms with E-state index in [1.807, 2.05) is 91.5 Å². The van der Waals surface area contributed by atoms with E-state index in [2.05, 4.69) is 32.2 Å². The van der Waals surface area contributed by atoms with Crippen LogP contribution in [0.25, 0.3) is 0 Å². The normalized spacial score (nSPS) is 17.5. The molecule has 1 aliphatic heterocycles. The molecule has 6 nitrogen and oxygen atoms in total. The lowest BCUT2D eigenvalue weighted by atomic mass is 9.83. The molecule has 0 aliphatic carbocycles. The molecule has 2 amide bonds. The number of likely N-dealkylation sites (tertiary alicyclic amines) is 1. The largest absolute Gasteiger partial charge is 0.496 e. The van der Waals surface area contributed by atoms with Crippen LogP contribution in [0.3, 0.4) is 0 Å². The second-order valence-corrected chi connectivity index (χ2v) is 11.7. The maximum Gasteiger partial charge on any atom is 0.258 e. The van der Waals surface area contributed by atoms with Crippen LogP contribution in [0.2, 0.25) is 0 Å². The molecule has 0 spiro atoms.